The Morgan fingerprint density at radius 1 is 1.25 bits per heavy atom. The van der Waals surface area contributed by atoms with Crippen LogP contribution in [0, 0.1) is 0 Å². The minimum absolute atomic E-state index is 0.0746. The molecule has 0 saturated heterocycles. The summed E-state index contributed by atoms with van der Waals surface area (Å²) in [5, 5.41) is 7.49. The third-order valence-corrected chi connectivity index (χ3v) is 2.95. The lowest BCUT2D eigenvalue weighted by Crippen LogP contribution is -2.31. The molecule has 0 fully saturated rings. The molecular formula is C13H15N3O3S. The largest absolute Gasteiger partial charge is 0.494 e. The summed E-state index contributed by atoms with van der Waals surface area (Å²) in [6, 6.07) is 6.84. The number of ether oxygens (including phenoxy) is 2. The Morgan fingerprint density at radius 3 is 2.55 bits per heavy atom. The van der Waals surface area contributed by atoms with E-state index in [4.69, 9.17) is 9.47 Å². The average molecular weight is 293 g/mol. The molecule has 2 N–H and O–H groups in total. The molecule has 0 aliphatic heterocycles. The van der Waals surface area contributed by atoms with Gasteiger partial charge in [-0.1, -0.05) is 0 Å². The molecule has 2 aromatic rings. The van der Waals surface area contributed by atoms with Crippen LogP contribution < -0.4 is 20.1 Å². The minimum Gasteiger partial charge on any atom is -0.494 e. The number of amides is 2. The van der Waals surface area contributed by atoms with E-state index in [-0.39, 0.29) is 12.8 Å². The molecule has 0 spiro atoms. The van der Waals surface area contributed by atoms with Gasteiger partial charge in [0.15, 0.2) is 11.9 Å². The van der Waals surface area contributed by atoms with Crippen LogP contribution in [-0.2, 0) is 0 Å². The van der Waals surface area contributed by atoms with Gasteiger partial charge in [0.25, 0.3) is 0 Å². The zero-order valence-corrected chi connectivity index (χ0v) is 11.8. The Kier molecular flexibility index (Phi) is 5.19. The molecule has 1 aromatic heterocycles. The molecule has 0 atom stereocenters. The van der Waals surface area contributed by atoms with Crippen LogP contribution in [0.2, 0.25) is 0 Å². The van der Waals surface area contributed by atoms with Crippen molar-refractivity contribution in [3.05, 3.63) is 35.8 Å². The van der Waals surface area contributed by atoms with E-state index in [1.54, 1.807) is 23.7 Å². The van der Waals surface area contributed by atoms with Gasteiger partial charge in [0.2, 0.25) is 0 Å². The minimum atomic E-state index is -0.356. The second-order valence-corrected chi connectivity index (χ2v) is 4.56. The molecule has 0 bridgehead atoms. The van der Waals surface area contributed by atoms with Crippen molar-refractivity contribution in [2.75, 3.05) is 18.7 Å². The molecule has 0 unspecified atom stereocenters. The zero-order valence-electron chi connectivity index (χ0n) is 11.0. The number of aromatic nitrogens is 1. The number of hydrogen-bond acceptors (Lipinski definition) is 5. The fourth-order valence-electron chi connectivity index (χ4n) is 1.41. The number of nitrogens with one attached hydrogen (secondary N) is 2. The molecule has 0 aliphatic carbocycles. The van der Waals surface area contributed by atoms with Gasteiger partial charge in [0.05, 0.1) is 6.61 Å². The van der Waals surface area contributed by atoms with E-state index in [0.29, 0.717) is 17.5 Å². The van der Waals surface area contributed by atoms with E-state index in [9.17, 15) is 4.79 Å². The molecule has 6 nitrogen and oxygen atoms in total. The standard InChI is InChI=1S/C13H15N3O3S/c1-2-18-10-3-5-11(6-4-10)19-9-15-12(17)16-13-14-7-8-20-13/h3-8H,2,9H2,1H3,(H2,14,15,16,17). The maximum atomic E-state index is 11.5. The Balaban J connectivity index is 1.71. The topological polar surface area (TPSA) is 72.5 Å². The van der Waals surface area contributed by atoms with E-state index in [1.165, 1.54) is 11.3 Å². The molecule has 2 rings (SSSR count). The third kappa shape index (κ3) is 4.43. The Labute approximate surface area is 120 Å². The highest BCUT2D eigenvalue weighted by Gasteiger charge is 2.02. The SMILES string of the molecule is CCOc1ccc(OCNC(=O)Nc2nccs2)cc1. The lowest BCUT2D eigenvalue weighted by molar-refractivity contribution is 0.234. The summed E-state index contributed by atoms with van der Waals surface area (Å²) in [5.74, 6) is 1.44. The second-order valence-electron chi connectivity index (χ2n) is 3.66. The van der Waals surface area contributed by atoms with Crippen molar-refractivity contribution in [1.82, 2.24) is 10.3 Å². The lowest BCUT2D eigenvalue weighted by Gasteiger charge is -2.09. The predicted molar refractivity (Wildman–Crippen MR) is 77.4 cm³/mol. The Bertz CT molecular complexity index is 528. The van der Waals surface area contributed by atoms with Gasteiger partial charge >= 0.3 is 6.03 Å². The summed E-state index contributed by atoms with van der Waals surface area (Å²) in [4.78, 5) is 15.4. The summed E-state index contributed by atoms with van der Waals surface area (Å²) < 4.78 is 10.7. The molecule has 20 heavy (non-hydrogen) atoms. The predicted octanol–water partition coefficient (Wildman–Crippen LogP) is 2.70. The number of thiazole rings is 1. The number of urea groups is 1. The summed E-state index contributed by atoms with van der Waals surface area (Å²) in [7, 11) is 0. The molecule has 1 heterocycles. The van der Waals surface area contributed by atoms with Crippen molar-refractivity contribution in [2.24, 2.45) is 0 Å². The fraction of sp³-hybridized carbons (Fsp3) is 0.231. The molecular weight excluding hydrogens is 278 g/mol. The first-order valence-electron chi connectivity index (χ1n) is 6.08. The van der Waals surface area contributed by atoms with Crippen LogP contribution in [0.5, 0.6) is 11.5 Å². The second kappa shape index (κ2) is 7.34. The van der Waals surface area contributed by atoms with Gasteiger partial charge in [-0.05, 0) is 31.2 Å². The molecule has 1 aromatic carbocycles. The van der Waals surface area contributed by atoms with E-state index < -0.39 is 0 Å². The number of nitrogens with zero attached hydrogens (tertiary/aromatic N) is 1. The van der Waals surface area contributed by atoms with Crippen molar-refractivity contribution in [2.45, 2.75) is 6.92 Å². The maximum absolute atomic E-state index is 11.5. The maximum Gasteiger partial charge on any atom is 0.323 e. The van der Waals surface area contributed by atoms with Crippen molar-refractivity contribution >= 4 is 22.5 Å². The number of rotatable bonds is 6. The third-order valence-electron chi connectivity index (χ3n) is 2.26. The lowest BCUT2D eigenvalue weighted by atomic mass is 10.3. The Morgan fingerprint density at radius 2 is 1.95 bits per heavy atom. The highest BCUT2D eigenvalue weighted by atomic mass is 32.1. The van der Waals surface area contributed by atoms with E-state index in [2.05, 4.69) is 15.6 Å². The highest BCUT2D eigenvalue weighted by molar-refractivity contribution is 7.13. The van der Waals surface area contributed by atoms with Gasteiger partial charge in [0, 0.05) is 11.6 Å². The number of benzene rings is 1. The highest BCUT2D eigenvalue weighted by Crippen LogP contribution is 2.17. The van der Waals surface area contributed by atoms with E-state index in [0.717, 1.165) is 5.75 Å². The van der Waals surface area contributed by atoms with Gasteiger partial charge in [-0.2, -0.15) is 0 Å². The quantitative estimate of drug-likeness (QED) is 0.803. The van der Waals surface area contributed by atoms with Gasteiger partial charge in [-0.25, -0.2) is 9.78 Å². The first-order chi connectivity index (χ1) is 9.78. The summed E-state index contributed by atoms with van der Waals surface area (Å²) in [6.45, 7) is 2.62. The average Bonchev–Trinajstić information content (AvgIpc) is 2.94. The van der Waals surface area contributed by atoms with Crippen molar-refractivity contribution in [3.8, 4) is 11.5 Å². The zero-order chi connectivity index (χ0) is 14.2. The first-order valence-corrected chi connectivity index (χ1v) is 6.96. The first kappa shape index (κ1) is 14.1. The van der Waals surface area contributed by atoms with Gasteiger partial charge in [-0.3, -0.25) is 5.32 Å². The van der Waals surface area contributed by atoms with Crippen molar-refractivity contribution in [3.63, 3.8) is 0 Å². The van der Waals surface area contributed by atoms with Crippen LogP contribution in [0.1, 0.15) is 6.92 Å². The van der Waals surface area contributed by atoms with Gasteiger partial charge in [-0.15, -0.1) is 11.3 Å². The van der Waals surface area contributed by atoms with Crippen LogP contribution in [0.4, 0.5) is 9.93 Å². The summed E-state index contributed by atoms with van der Waals surface area (Å²) >= 11 is 1.35. The summed E-state index contributed by atoms with van der Waals surface area (Å²) in [5.41, 5.74) is 0. The number of carbonyl (C=O) groups excluding carboxylic acids is 1. The molecule has 0 saturated carbocycles. The number of carbonyl (C=O) groups is 1. The van der Waals surface area contributed by atoms with Crippen LogP contribution in [-0.4, -0.2) is 24.4 Å². The molecule has 2 amide bonds. The van der Waals surface area contributed by atoms with E-state index in [1.807, 2.05) is 19.1 Å². The van der Waals surface area contributed by atoms with Crippen molar-refractivity contribution < 1.29 is 14.3 Å². The van der Waals surface area contributed by atoms with Gasteiger partial charge in [0.1, 0.15) is 11.5 Å². The van der Waals surface area contributed by atoms with Gasteiger partial charge < -0.3 is 14.8 Å². The van der Waals surface area contributed by atoms with Crippen molar-refractivity contribution in [1.29, 1.82) is 0 Å². The normalized spacial score (nSPS) is 9.85. The summed E-state index contributed by atoms with van der Waals surface area (Å²) in [6.07, 6.45) is 1.62. The molecule has 0 radical (unpaired) electrons. The van der Waals surface area contributed by atoms with Crippen LogP contribution in [0.3, 0.4) is 0 Å². The smallest absolute Gasteiger partial charge is 0.323 e. The van der Waals surface area contributed by atoms with E-state index >= 15 is 0 Å². The molecule has 7 heteroatoms. The molecule has 0 aliphatic rings. The Hall–Kier alpha value is -2.28. The molecule has 106 valence electrons. The fourth-order valence-corrected chi connectivity index (χ4v) is 1.93. The van der Waals surface area contributed by atoms with Crippen LogP contribution >= 0.6 is 11.3 Å². The number of anilines is 1. The van der Waals surface area contributed by atoms with Crippen LogP contribution in [0.15, 0.2) is 35.8 Å². The van der Waals surface area contributed by atoms with Crippen LogP contribution in [0.25, 0.3) is 0 Å². The monoisotopic (exact) mass is 293 g/mol. The number of hydrogen-bond donors (Lipinski definition) is 2.